The highest BCUT2D eigenvalue weighted by molar-refractivity contribution is 6.01. The largest absolute Gasteiger partial charge is 0.355 e. The van der Waals surface area contributed by atoms with Gasteiger partial charge < -0.3 is 15.1 Å². The average molecular weight is 441 g/mol. The number of benzene rings is 2. The second kappa shape index (κ2) is 10.6. The van der Waals surface area contributed by atoms with Crippen molar-refractivity contribution < 1.29 is 9.59 Å². The van der Waals surface area contributed by atoms with Crippen LogP contribution in [0.2, 0.25) is 0 Å². The summed E-state index contributed by atoms with van der Waals surface area (Å²) in [6, 6.07) is 21.2. The standard InChI is InChI=1S/C27H28N4O2/c1-21-8-11-23(12-9-21)27(33)31-17-5-16-30(18-19-31)25-14-13-24(20-28-25)29-26(32)15-10-22-6-3-2-4-7-22/h2-4,6-15,20H,5,16-19H2,1H3,(H,29,32)/b15-10+. The van der Waals surface area contributed by atoms with Gasteiger partial charge in [-0.25, -0.2) is 4.98 Å². The van der Waals surface area contributed by atoms with E-state index in [0.717, 1.165) is 48.6 Å². The number of carbonyl (C=O) groups is 2. The number of nitrogens with one attached hydrogen (secondary N) is 1. The Morgan fingerprint density at radius 1 is 0.909 bits per heavy atom. The van der Waals surface area contributed by atoms with Gasteiger partial charge in [-0.1, -0.05) is 48.0 Å². The lowest BCUT2D eigenvalue weighted by molar-refractivity contribution is -0.111. The molecule has 168 valence electrons. The Balaban J connectivity index is 1.32. The molecule has 6 heteroatoms. The van der Waals surface area contributed by atoms with Crippen LogP contribution in [0.1, 0.15) is 27.9 Å². The highest BCUT2D eigenvalue weighted by Gasteiger charge is 2.21. The number of aryl methyl sites for hydroxylation is 1. The molecule has 0 radical (unpaired) electrons. The fourth-order valence-electron chi connectivity index (χ4n) is 3.80. The van der Waals surface area contributed by atoms with Crippen LogP contribution in [0, 0.1) is 6.92 Å². The molecular weight excluding hydrogens is 412 g/mol. The minimum Gasteiger partial charge on any atom is -0.355 e. The van der Waals surface area contributed by atoms with E-state index in [2.05, 4.69) is 15.2 Å². The molecule has 0 atom stereocenters. The first kappa shape index (κ1) is 22.3. The fourth-order valence-corrected chi connectivity index (χ4v) is 3.80. The van der Waals surface area contributed by atoms with Gasteiger partial charge >= 0.3 is 0 Å². The smallest absolute Gasteiger partial charge is 0.253 e. The molecule has 33 heavy (non-hydrogen) atoms. The second-order valence-electron chi connectivity index (χ2n) is 8.14. The topological polar surface area (TPSA) is 65.5 Å². The van der Waals surface area contributed by atoms with E-state index < -0.39 is 0 Å². The number of hydrogen-bond donors (Lipinski definition) is 1. The number of amides is 2. The Morgan fingerprint density at radius 3 is 2.42 bits per heavy atom. The first-order chi connectivity index (χ1) is 16.1. The molecule has 0 unspecified atom stereocenters. The summed E-state index contributed by atoms with van der Waals surface area (Å²) in [5, 5.41) is 2.84. The van der Waals surface area contributed by atoms with Crippen LogP contribution in [0.5, 0.6) is 0 Å². The molecule has 1 N–H and O–H groups in total. The number of hydrogen-bond acceptors (Lipinski definition) is 4. The van der Waals surface area contributed by atoms with Gasteiger partial charge in [0.25, 0.3) is 5.91 Å². The number of carbonyl (C=O) groups excluding carboxylic acids is 2. The second-order valence-corrected chi connectivity index (χ2v) is 8.14. The Labute approximate surface area is 194 Å². The molecule has 2 amide bonds. The summed E-state index contributed by atoms with van der Waals surface area (Å²) in [5.41, 5.74) is 3.49. The third-order valence-corrected chi connectivity index (χ3v) is 5.65. The maximum Gasteiger partial charge on any atom is 0.253 e. The molecule has 2 aromatic carbocycles. The van der Waals surface area contributed by atoms with Gasteiger partial charge in [0.2, 0.25) is 5.91 Å². The highest BCUT2D eigenvalue weighted by atomic mass is 16.2. The van der Waals surface area contributed by atoms with Crippen molar-refractivity contribution in [2.24, 2.45) is 0 Å². The predicted octanol–water partition coefficient (Wildman–Crippen LogP) is 4.39. The average Bonchev–Trinajstić information content (AvgIpc) is 3.10. The van der Waals surface area contributed by atoms with E-state index in [1.54, 1.807) is 12.3 Å². The molecule has 1 aliphatic heterocycles. The van der Waals surface area contributed by atoms with Crippen molar-refractivity contribution in [3.05, 3.63) is 95.7 Å². The van der Waals surface area contributed by atoms with Gasteiger partial charge in [-0.05, 0) is 49.2 Å². The number of nitrogens with zero attached hydrogens (tertiary/aromatic N) is 3. The van der Waals surface area contributed by atoms with Crippen LogP contribution < -0.4 is 10.2 Å². The first-order valence-corrected chi connectivity index (χ1v) is 11.2. The number of pyridine rings is 1. The molecule has 2 heterocycles. The van der Waals surface area contributed by atoms with Crippen LogP contribution in [0.15, 0.2) is 79.0 Å². The van der Waals surface area contributed by atoms with Crippen LogP contribution in [0.3, 0.4) is 0 Å². The lowest BCUT2D eigenvalue weighted by atomic mass is 10.1. The Morgan fingerprint density at radius 2 is 1.70 bits per heavy atom. The molecule has 1 aromatic heterocycles. The highest BCUT2D eigenvalue weighted by Crippen LogP contribution is 2.18. The molecule has 1 saturated heterocycles. The molecule has 0 bridgehead atoms. The summed E-state index contributed by atoms with van der Waals surface area (Å²) >= 11 is 0. The monoisotopic (exact) mass is 440 g/mol. The third kappa shape index (κ3) is 6.07. The number of rotatable bonds is 5. The van der Waals surface area contributed by atoms with Crippen LogP contribution in [-0.4, -0.2) is 47.9 Å². The van der Waals surface area contributed by atoms with Crippen molar-refractivity contribution >= 4 is 29.4 Å². The summed E-state index contributed by atoms with van der Waals surface area (Å²) in [7, 11) is 0. The Hall–Kier alpha value is -3.93. The summed E-state index contributed by atoms with van der Waals surface area (Å²) in [5.74, 6) is 0.720. The summed E-state index contributed by atoms with van der Waals surface area (Å²) in [6.45, 7) is 4.94. The van der Waals surface area contributed by atoms with E-state index in [1.165, 1.54) is 6.08 Å². The van der Waals surface area contributed by atoms with Crippen LogP contribution >= 0.6 is 0 Å². The Bertz CT molecular complexity index is 1110. The zero-order chi connectivity index (χ0) is 23.0. The molecule has 3 aromatic rings. The Kier molecular flexibility index (Phi) is 7.15. The van der Waals surface area contributed by atoms with Crippen molar-refractivity contribution in [2.45, 2.75) is 13.3 Å². The lowest BCUT2D eigenvalue weighted by Gasteiger charge is -2.23. The number of anilines is 2. The molecule has 6 nitrogen and oxygen atoms in total. The van der Waals surface area contributed by atoms with Gasteiger partial charge in [0, 0.05) is 37.8 Å². The lowest BCUT2D eigenvalue weighted by Crippen LogP contribution is -2.35. The van der Waals surface area contributed by atoms with Crippen molar-refractivity contribution in [2.75, 3.05) is 36.4 Å². The minimum atomic E-state index is -0.201. The summed E-state index contributed by atoms with van der Waals surface area (Å²) < 4.78 is 0. The van der Waals surface area contributed by atoms with E-state index in [0.29, 0.717) is 12.2 Å². The van der Waals surface area contributed by atoms with Gasteiger partial charge in [-0.15, -0.1) is 0 Å². The fraction of sp³-hybridized carbons (Fsp3) is 0.222. The van der Waals surface area contributed by atoms with Gasteiger partial charge in [0.15, 0.2) is 0 Å². The quantitative estimate of drug-likeness (QED) is 0.598. The predicted molar refractivity (Wildman–Crippen MR) is 132 cm³/mol. The zero-order valence-corrected chi connectivity index (χ0v) is 18.8. The molecular formula is C27H28N4O2. The summed E-state index contributed by atoms with van der Waals surface area (Å²) in [4.78, 5) is 33.7. The SMILES string of the molecule is Cc1ccc(C(=O)N2CCCN(c3ccc(NC(=O)/C=C/c4ccccc4)cn3)CC2)cc1. The van der Waals surface area contributed by atoms with E-state index in [1.807, 2.05) is 78.6 Å². The van der Waals surface area contributed by atoms with Gasteiger partial charge in [-0.3, -0.25) is 9.59 Å². The molecule has 4 rings (SSSR count). The molecule has 0 spiro atoms. The molecule has 1 aliphatic rings. The van der Waals surface area contributed by atoms with E-state index in [9.17, 15) is 9.59 Å². The van der Waals surface area contributed by atoms with Gasteiger partial charge in [-0.2, -0.15) is 0 Å². The first-order valence-electron chi connectivity index (χ1n) is 11.2. The van der Waals surface area contributed by atoms with Crippen LogP contribution in [0.25, 0.3) is 6.08 Å². The summed E-state index contributed by atoms with van der Waals surface area (Å²) in [6.07, 6.45) is 5.83. The zero-order valence-electron chi connectivity index (χ0n) is 18.8. The van der Waals surface area contributed by atoms with Crippen LogP contribution in [-0.2, 0) is 4.79 Å². The van der Waals surface area contributed by atoms with Crippen molar-refractivity contribution in [3.63, 3.8) is 0 Å². The van der Waals surface area contributed by atoms with Gasteiger partial charge in [0.1, 0.15) is 5.82 Å². The van der Waals surface area contributed by atoms with E-state index in [-0.39, 0.29) is 11.8 Å². The van der Waals surface area contributed by atoms with Crippen molar-refractivity contribution in [1.82, 2.24) is 9.88 Å². The van der Waals surface area contributed by atoms with Gasteiger partial charge in [0.05, 0.1) is 11.9 Å². The third-order valence-electron chi connectivity index (χ3n) is 5.65. The molecule has 0 aliphatic carbocycles. The maximum absolute atomic E-state index is 12.8. The van der Waals surface area contributed by atoms with Crippen LogP contribution in [0.4, 0.5) is 11.5 Å². The van der Waals surface area contributed by atoms with Crippen molar-refractivity contribution in [1.29, 1.82) is 0 Å². The normalized spacial score (nSPS) is 14.2. The maximum atomic E-state index is 12.8. The molecule has 1 fully saturated rings. The molecule has 0 saturated carbocycles. The number of aromatic nitrogens is 1. The van der Waals surface area contributed by atoms with Crippen molar-refractivity contribution in [3.8, 4) is 0 Å². The van der Waals surface area contributed by atoms with E-state index in [4.69, 9.17) is 0 Å². The van der Waals surface area contributed by atoms with E-state index >= 15 is 0 Å². The minimum absolute atomic E-state index is 0.0754.